The Morgan fingerprint density at radius 2 is 1.95 bits per heavy atom. The molecule has 1 aliphatic carbocycles. The van der Waals surface area contributed by atoms with Crippen LogP contribution in [0.25, 0.3) is 0 Å². The lowest BCUT2D eigenvalue weighted by Gasteiger charge is -2.33. The Morgan fingerprint density at radius 1 is 1.30 bits per heavy atom. The highest BCUT2D eigenvalue weighted by atomic mass is 35.5. The summed E-state index contributed by atoms with van der Waals surface area (Å²) in [6.45, 7) is 0.170. The Morgan fingerprint density at radius 3 is 2.55 bits per heavy atom. The van der Waals surface area contributed by atoms with Gasteiger partial charge in [-0.15, -0.1) is 0 Å². The molecule has 0 spiro atoms. The van der Waals surface area contributed by atoms with Gasteiger partial charge in [0.2, 0.25) is 10.0 Å². The molecule has 1 aromatic rings. The van der Waals surface area contributed by atoms with E-state index in [2.05, 4.69) is 4.72 Å². The lowest BCUT2D eigenvalue weighted by molar-refractivity contribution is 0.296. The molecule has 112 valence electrons. The number of nitrogens with one attached hydrogen (secondary N) is 1. The van der Waals surface area contributed by atoms with Crippen LogP contribution in [0.1, 0.15) is 32.1 Å². The molecule has 0 aromatic heterocycles. The fourth-order valence-electron chi connectivity index (χ4n) is 2.44. The number of nitrogens with two attached hydrogens (primary N) is 1. The number of rotatable bonds is 4. The molecule has 0 unspecified atom stereocenters. The highest BCUT2D eigenvalue weighted by Gasteiger charge is 2.29. The molecule has 1 aliphatic rings. The quantitative estimate of drug-likeness (QED) is 0.895. The first-order valence-electron chi connectivity index (χ1n) is 6.56. The summed E-state index contributed by atoms with van der Waals surface area (Å²) >= 11 is 5.78. The zero-order valence-corrected chi connectivity index (χ0v) is 12.6. The Balaban J connectivity index is 2.11. The predicted molar refractivity (Wildman–Crippen MR) is 76.6 cm³/mol. The van der Waals surface area contributed by atoms with Gasteiger partial charge in [0.25, 0.3) is 0 Å². The first kappa shape index (κ1) is 15.7. The van der Waals surface area contributed by atoms with E-state index in [1.165, 1.54) is 0 Å². The van der Waals surface area contributed by atoms with Gasteiger partial charge < -0.3 is 5.73 Å². The summed E-state index contributed by atoms with van der Waals surface area (Å²) in [5, 5.41) is -0.132. The van der Waals surface area contributed by atoms with Crippen molar-refractivity contribution < 1.29 is 12.8 Å². The highest BCUT2D eigenvalue weighted by molar-refractivity contribution is 7.89. The first-order chi connectivity index (χ1) is 9.32. The second-order valence-corrected chi connectivity index (χ2v) is 7.46. The van der Waals surface area contributed by atoms with Gasteiger partial charge in [0.1, 0.15) is 10.7 Å². The Labute approximate surface area is 123 Å². The van der Waals surface area contributed by atoms with E-state index in [9.17, 15) is 12.8 Å². The van der Waals surface area contributed by atoms with Crippen LogP contribution in [0.4, 0.5) is 4.39 Å². The monoisotopic (exact) mass is 320 g/mol. The highest BCUT2D eigenvalue weighted by Crippen LogP contribution is 2.26. The van der Waals surface area contributed by atoms with Crippen LogP contribution in [-0.2, 0) is 10.0 Å². The van der Waals surface area contributed by atoms with Gasteiger partial charge in [-0.25, -0.2) is 17.5 Å². The molecule has 2 rings (SSSR count). The zero-order valence-electron chi connectivity index (χ0n) is 11.0. The lowest BCUT2D eigenvalue weighted by atomic mass is 9.83. The van der Waals surface area contributed by atoms with Crippen LogP contribution in [-0.4, -0.2) is 20.5 Å². The van der Waals surface area contributed by atoms with Crippen LogP contribution in [0.5, 0.6) is 0 Å². The molecule has 4 nitrogen and oxygen atoms in total. The van der Waals surface area contributed by atoms with E-state index < -0.39 is 21.4 Å². The molecule has 0 bridgehead atoms. The Hall–Kier alpha value is -0.690. The maximum Gasteiger partial charge on any atom is 0.242 e. The zero-order chi connectivity index (χ0) is 14.8. The normalized spacial score (nSPS) is 18.9. The van der Waals surface area contributed by atoms with Gasteiger partial charge >= 0.3 is 0 Å². The summed E-state index contributed by atoms with van der Waals surface area (Å²) in [6, 6.07) is 3.21. The number of benzene rings is 1. The fraction of sp³-hybridized carbons (Fsp3) is 0.538. The van der Waals surface area contributed by atoms with E-state index in [0.717, 1.165) is 50.3 Å². The number of halogens is 2. The predicted octanol–water partition coefficient (Wildman–Crippen LogP) is 2.42. The lowest BCUT2D eigenvalue weighted by Crippen LogP contribution is -2.51. The Kier molecular flexibility index (Phi) is 4.69. The number of sulfonamides is 1. The van der Waals surface area contributed by atoms with Crippen LogP contribution in [0.15, 0.2) is 23.1 Å². The Bertz CT molecular complexity index is 586. The average Bonchev–Trinajstić information content (AvgIpc) is 2.37. The van der Waals surface area contributed by atoms with Crippen LogP contribution >= 0.6 is 11.6 Å². The summed E-state index contributed by atoms with van der Waals surface area (Å²) in [5.41, 5.74) is 5.68. The third kappa shape index (κ3) is 3.69. The van der Waals surface area contributed by atoms with Crippen LogP contribution in [0, 0.1) is 5.82 Å². The summed E-state index contributed by atoms with van der Waals surface area (Å²) in [7, 11) is -3.77. The van der Waals surface area contributed by atoms with Gasteiger partial charge in [-0.2, -0.15) is 0 Å². The summed E-state index contributed by atoms with van der Waals surface area (Å²) in [6.07, 6.45) is 4.75. The van der Waals surface area contributed by atoms with E-state index in [0.29, 0.717) is 0 Å². The van der Waals surface area contributed by atoms with Gasteiger partial charge in [0.15, 0.2) is 0 Å². The third-order valence-corrected chi connectivity index (χ3v) is 5.53. The van der Waals surface area contributed by atoms with E-state index in [4.69, 9.17) is 17.3 Å². The summed E-state index contributed by atoms with van der Waals surface area (Å²) in [4.78, 5) is -0.125. The first-order valence-corrected chi connectivity index (χ1v) is 8.42. The summed E-state index contributed by atoms with van der Waals surface area (Å²) < 4.78 is 39.8. The molecular weight excluding hydrogens is 303 g/mol. The molecule has 1 aromatic carbocycles. The van der Waals surface area contributed by atoms with Gasteiger partial charge in [0, 0.05) is 12.1 Å². The van der Waals surface area contributed by atoms with Gasteiger partial charge in [-0.05, 0) is 31.0 Å². The van der Waals surface area contributed by atoms with Crippen molar-refractivity contribution in [2.45, 2.75) is 42.5 Å². The number of hydrogen-bond donors (Lipinski definition) is 2. The molecule has 7 heteroatoms. The van der Waals surface area contributed by atoms with Crippen molar-refractivity contribution >= 4 is 21.6 Å². The minimum Gasteiger partial charge on any atom is -0.324 e. The SMILES string of the molecule is NC1(CNS(=O)(=O)c2ccc(F)cc2Cl)CCCCC1. The topological polar surface area (TPSA) is 72.2 Å². The van der Waals surface area contributed by atoms with Crippen LogP contribution < -0.4 is 10.5 Å². The minimum atomic E-state index is -3.77. The van der Waals surface area contributed by atoms with Crippen LogP contribution in [0.2, 0.25) is 5.02 Å². The van der Waals surface area contributed by atoms with Crippen molar-refractivity contribution in [2.75, 3.05) is 6.54 Å². The maximum absolute atomic E-state index is 13.0. The molecule has 1 fully saturated rings. The van der Waals surface area contributed by atoms with E-state index in [1.807, 2.05) is 0 Å². The van der Waals surface area contributed by atoms with Crippen molar-refractivity contribution in [3.63, 3.8) is 0 Å². The molecule has 0 atom stereocenters. The molecule has 0 heterocycles. The van der Waals surface area contributed by atoms with Gasteiger partial charge in [0.05, 0.1) is 5.02 Å². The van der Waals surface area contributed by atoms with Crippen molar-refractivity contribution in [1.82, 2.24) is 4.72 Å². The summed E-state index contributed by atoms with van der Waals surface area (Å²) in [5.74, 6) is -0.573. The number of hydrogen-bond acceptors (Lipinski definition) is 3. The molecule has 20 heavy (non-hydrogen) atoms. The fourth-order valence-corrected chi connectivity index (χ4v) is 4.11. The van der Waals surface area contributed by atoms with Gasteiger partial charge in [-0.3, -0.25) is 0 Å². The average molecular weight is 321 g/mol. The van der Waals surface area contributed by atoms with E-state index >= 15 is 0 Å². The molecule has 0 saturated heterocycles. The molecular formula is C13H18ClFN2O2S. The minimum absolute atomic E-state index is 0.125. The molecule has 0 aliphatic heterocycles. The third-order valence-electron chi connectivity index (χ3n) is 3.65. The van der Waals surface area contributed by atoms with Crippen molar-refractivity contribution in [2.24, 2.45) is 5.73 Å². The van der Waals surface area contributed by atoms with Crippen LogP contribution in [0.3, 0.4) is 0 Å². The molecule has 3 N–H and O–H groups in total. The van der Waals surface area contributed by atoms with Crippen molar-refractivity contribution in [1.29, 1.82) is 0 Å². The molecule has 1 saturated carbocycles. The van der Waals surface area contributed by atoms with E-state index in [1.54, 1.807) is 0 Å². The maximum atomic E-state index is 13.0. The molecule has 0 radical (unpaired) electrons. The van der Waals surface area contributed by atoms with Gasteiger partial charge in [-0.1, -0.05) is 30.9 Å². The second-order valence-electron chi connectivity index (χ2n) is 5.32. The molecule has 0 amide bonds. The van der Waals surface area contributed by atoms with Crippen molar-refractivity contribution in [3.05, 3.63) is 29.0 Å². The smallest absolute Gasteiger partial charge is 0.242 e. The second kappa shape index (κ2) is 5.97. The standard InChI is InChI=1S/C13H18ClFN2O2S/c14-11-8-10(15)4-5-12(11)20(18,19)17-9-13(16)6-2-1-3-7-13/h4-5,8,17H,1-3,6-7,9,16H2. The van der Waals surface area contributed by atoms with E-state index in [-0.39, 0.29) is 16.5 Å². The largest absolute Gasteiger partial charge is 0.324 e. The van der Waals surface area contributed by atoms with Crippen molar-refractivity contribution in [3.8, 4) is 0 Å².